The molecule has 7 nitrogen and oxygen atoms in total. The van der Waals surface area contributed by atoms with Gasteiger partial charge in [-0.05, 0) is 96.8 Å². The summed E-state index contributed by atoms with van der Waals surface area (Å²) in [4.78, 5) is 39.5. The van der Waals surface area contributed by atoms with E-state index in [-0.39, 0.29) is 5.57 Å². The first kappa shape index (κ1) is 27.4. The fourth-order valence-electron chi connectivity index (χ4n) is 4.32. The minimum Gasteiger partial charge on any atom is -0.490 e. The molecule has 0 atom stereocenters. The molecule has 0 saturated carbocycles. The number of nitrogens with zero attached hydrogens (tertiary/aromatic N) is 1. The van der Waals surface area contributed by atoms with Gasteiger partial charge in [0, 0.05) is 0 Å². The summed E-state index contributed by atoms with van der Waals surface area (Å²) in [5.41, 5.74) is 5.26. The van der Waals surface area contributed by atoms with Crippen LogP contribution in [0.25, 0.3) is 6.08 Å². The first-order valence-electron chi connectivity index (χ1n) is 12.4. The lowest BCUT2D eigenvalue weighted by atomic mass is 10.1. The number of benzene rings is 3. The van der Waals surface area contributed by atoms with Gasteiger partial charge in [0.1, 0.15) is 12.2 Å². The number of hydrogen-bond acceptors (Lipinski definition) is 5. The third kappa shape index (κ3) is 6.07. The maximum absolute atomic E-state index is 13.3. The highest BCUT2D eigenvalue weighted by atomic mass is 127. The second kappa shape index (κ2) is 11.8. The van der Waals surface area contributed by atoms with Gasteiger partial charge in [0.2, 0.25) is 0 Å². The standard InChI is InChI=1S/C30H29IN2O5/c1-5-20-7-9-23(10-8-20)33-29(35)24(28(34)32-30(33)36)14-21-15-25(31)27(26(16-21)37-6-2)38-17-22-12-18(3)11-19(4)13-22/h7-16H,5-6,17H2,1-4H3,(H,32,34,36)/b24-14+. The molecule has 1 aliphatic rings. The molecule has 38 heavy (non-hydrogen) atoms. The van der Waals surface area contributed by atoms with Gasteiger partial charge in [-0.25, -0.2) is 9.69 Å². The summed E-state index contributed by atoms with van der Waals surface area (Å²) in [6, 6.07) is 16.1. The van der Waals surface area contributed by atoms with Crippen molar-refractivity contribution in [2.45, 2.75) is 40.7 Å². The van der Waals surface area contributed by atoms with Crippen LogP contribution in [0.2, 0.25) is 0 Å². The quantitative estimate of drug-likeness (QED) is 0.186. The molecule has 1 fully saturated rings. The first-order valence-corrected chi connectivity index (χ1v) is 13.4. The number of ether oxygens (including phenoxy) is 2. The highest BCUT2D eigenvalue weighted by Gasteiger charge is 2.36. The number of nitrogens with one attached hydrogen (secondary N) is 1. The van der Waals surface area contributed by atoms with Crippen LogP contribution in [0.5, 0.6) is 11.5 Å². The summed E-state index contributed by atoms with van der Waals surface area (Å²) in [7, 11) is 0. The molecule has 1 saturated heterocycles. The smallest absolute Gasteiger partial charge is 0.335 e. The summed E-state index contributed by atoms with van der Waals surface area (Å²) >= 11 is 2.15. The first-order chi connectivity index (χ1) is 18.2. The Morgan fingerprint density at radius 3 is 2.21 bits per heavy atom. The van der Waals surface area contributed by atoms with Crippen molar-refractivity contribution >= 4 is 52.2 Å². The van der Waals surface area contributed by atoms with E-state index in [1.54, 1.807) is 18.2 Å². The molecule has 1 heterocycles. The molecule has 3 aromatic rings. The van der Waals surface area contributed by atoms with Gasteiger partial charge in [0.25, 0.3) is 11.8 Å². The summed E-state index contributed by atoms with van der Waals surface area (Å²) in [5, 5.41) is 2.27. The normalized spacial score (nSPS) is 14.6. The highest BCUT2D eigenvalue weighted by molar-refractivity contribution is 14.1. The molecular formula is C30H29IN2O5. The SMILES string of the molecule is CCOc1cc(/C=C2\C(=O)NC(=O)N(c3ccc(CC)cc3)C2=O)cc(I)c1OCc1cc(C)cc(C)c1. The minimum absolute atomic E-state index is 0.147. The van der Waals surface area contributed by atoms with E-state index in [1.165, 1.54) is 6.08 Å². The Morgan fingerprint density at radius 1 is 0.895 bits per heavy atom. The molecule has 0 radical (unpaired) electrons. The average molecular weight is 624 g/mol. The van der Waals surface area contributed by atoms with E-state index in [0.717, 1.165) is 37.1 Å². The van der Waals surface area contributed by atoms with Crippen LogP contribution in [0.15, 0.2) is 60.2 Å². The lowest BCUT2D eigenvalue weighted by molar-refractivity contribution is -0.122. The number of carbonyl (C=O) groups is 3. The number of urea groups is 1. The zero-order valence-electron chi connectivity index (χ0n) is 21.8. The zero-order chi connectivity index (χ0) is 27.4. The molecule has 196 valence electrons. The van der Waals surface area contributed by atoms with Gasteiger partial charge >= 0.3 is 6.03 Å². The highest BCUT2D eigenvalue weighted by Crippen LogP contribution is 2.36. The molecule has 1 N–H and O–H groups in total. The van der Waals surface area contributed by atoms with Crippen LogP contribution in [-0.2, 0) is 22.6 Å². The van der Waals surface area contributed by atoms with Crippen LogP contribution in [-0.4, -0.2) is 24.5 Å². The Bertz CT molecular complexity index is 1410. The molecule has 0 aromatic heterocycles. The number of amides is 4. The van der Waals surface area contributed by atoms with Gasteiger partial charge < -0.3 is 9.47 Å². The van der Waals surface area contributed by atoms with Crippen molar-refractivity contribution in [3.8, 4) is 11.5 Å². The molecule has 4 rings (SSSR count). The predicted molar refractivity (Wildman–Crippen MR) is 155 cm³/mol. The number of barbiturate groups is 1. The maximum atomic E-state index is 13.3. The Labute approximate surface area is 236 Å². The van der Waals surface area contributed by atoms with Gasteiger partial charge in [-0.15, -0.1) is 0 Å². The van der Waals surface area contributed by atoms with Crippen molar-refractivity contribution in [2.75, 3.05) is 11.5 Å². The summed E-state index contributed by atoms with van der Waals surface area (Å²) in [5.74, 6) is -0.348. The van der Waals surface area contributed by atoms with Crippen molar-refractivity contribution in [1.82, 2.24) is 5.32 Å². The van der Waals surface area contributed by atoms with Gasteiger partial charge in [0.05, 0.1) is 15.9 Å². The lowest BCUT2D eigenvalue weighted by Gasteiger charge is -2.26. The Balaban J connectivity index is 1.65. The second-order valence-corrected chi connectivity index (χ2v) is 10.2. The van der Waals surface area contributed by atoms with E-state index in [2.05, 4.69) is 46.1 Å². The number of halogens is 1. The third-order valence-corrected chi connectivity index (χ3v) is 6.81. The topological polar surface area (TPSA) is 84.9 Å². The van der Waals surface area contributed by atoms with Crippen LogP contribution >= 0.6 is 22.6 Å². The van der Waals surface area contributed by atoms with E-state index in [9.17, 15) is 14.4 Å². The molecule has 0 spiro atoms. The Morgan fingerprint density at radius 2 is 1.58 bits per heavy atom. The van der Waals surface area contributed by atoms with Crippen LogP contribution in [0, 0.1) is 17.4 Å². The van der Waals surface area contributed by atoms with E-state index in [1.807, 2.05) is 45.9 Å². The van der Waals surface area contributed by atoms with Gasteiger partial charge in [0.15, 0.2) is 11.5 Å². The third-order valence-electron chi connectivity index (χ3n) is 6.01. The molecule has 8 heteroatoms. The van der Waals surface area contributed by atoms with E-state index < -0.39 is 17.8 Å². The molecule has 0 bridgehead atoms. The fourth-order valence-corrected chi connectivity index (χ4v) is 5.10. The number of carbonyl (C=O) groups excluding carboxylic acids is 3. The summed E-state index contributed by atoms with van der Waals surface area (Å²) in [6.45, 7) is 8.76. The van der Waals surface area contributed by atoms with Gasteiger partial charge in [-0.1, -0.05) is 48.4 Å². The molecule has 1 aliphatic heterocycles. The molecule has 0 unspecified atom stereocenters. The predicted octanol–water partition coefficient (Wildman–Crippen LogP) is 6.11. The van der Waals surface area contributed by atoms with Crippen molar-refractivity contribution in [1.29, 1.82) is 0 Å². The lowest BCUT2D eigenvalue weighted by Crippen LogP contribution is -2.54. The van der Waals surface area contributed by atoms with E-state index in [4.69, 9.17) is 9.47 Å². The van der Waals surface area contributed by atoms with Crippen LogP contribution in [0.4, 0.5) is 10.5 Å². The maximum Gasteiger partial charge on any atom is 0.335 e. The number of imide groups is 2. The van der Waals surface area contributed by atoms with Crippen LogP contribution < -0.4 is 19.7 Å². The van der Waals surface area contributed by atoms with Crippen molar-refractivity contribution in [3.63, 3.8) is 0 Å². The van der Waals surface area contributed by atoms with Crippen molar-refractivity contribution < 1.29 is 23.9 Å². The minimum atomic E-state index is -0.777. The van der Waals surface area contributed by atoms with Crippen molar-refractivity contribution in [2.24, 2.45) is 0 Å². The van der Waals surface area contributed by atoms with E-state index in [0.29, 0.717) is 36.0 Å². The number of aryl methyl sites for hydroxylation is 3. The van der Waals surface area contributed by atoms with Gasteiger partial charge in [-0.2, -0.15) is 0 Å². The largest absolute Gasteiger partial charge is 0.490 e. The number of hydrogen-bond donors (Lipinski definition) is 1. The summed E-state index contributed by atoms with van der Waals surface area (Å²) in [6.07, 6.45) is 2.30. The average Bonchev–Trinajstić information content (AvgIpc) is 2.86. The summed E-state index contributed by atoms with van der Waals surface area (Å²) < 4.78 is 12.8. The van der Waals surface area contributed by atoms with Crippen molar-refractivity contribution in [3.05, 3.63) is 91.6 Å². The van der Waals surface area contributed by atoms with Gasteiger partial charge in [-0.3, -0.25) is 14.9 Å². The number of rotatable bonds is 8. The molecule has 4 amide bonds. The monoisotopic (exact) mass is 624 g/mol. The molecular weight excluding hydrogens is 595 g/mol. The van der Waals surface area contributed by atoms with Crippen LogP contribution in [0.1, 0.15) is 41.7 Å². The second-order valence-electron chi connectivity index (χ2n) is 9.03. The Kier molecular flexibility index (Phi) is 8.51. The fraction of sp³-hybridized carbons (Fsp3) is 0.233. The molecule has 3 aromatic carbocycles. The molecule has 0 aliphatic carbocycles. The zero-order valence-corrected chi connectivity index (χ0v) is 23.9. The Hall–Kier alpha value is -3.66. The number of anilines is 1. The van der Waals surface area contributed by atoms with Crippen LogP contribution in [0.3, 0.4) is 0 Å². The van der Waals surface area contributed by atoms with E-state index >= 15 is 0 Å².